The summed E-state index contributed by atoms with van der Waals surface area (Å²) >= 11 is 0. The van der Waals surface area contributed by atoms with Gasteiger partial charge in [-0.05, 0) is 6.92 Å². The summed E-state index contributed by atoms with van der Waals surface area (Å²) in [5.74, 6) is 0. The molecule has 0 fully saturated rings. The molecule has 0 radical (unpaired) electrons. The van der Waals surface area contributed by atoms with E-state index >= 15 is 0 Å². The van der Waals surface area contributed by atoms with Crippen molar-refractivity contribution >= 4 is 6.21 Å². The second-order valence-electron chi connectivity index (χ2n) is 1.35. The molecule has 1 atom stereocenters. The molecule has 0 spiro atoms. The highest BCUT2D eigenvalue weighted by molar-refractivity contribution is 5.53. The molecule has 0 aliphatic heterocycles. The minimum absolute atomic E-state index is 0.286. The molecule has 8 heavy (non-hydrogen) atoms. The van der Waals surface area contributed by atoms with E-state index in [-0.39, 0.29) is 6.42 Å². The minimum Gasteiger partial charge on any atom is -0.368 e. The lowest BCUT2D eigenvalue weighted by Crippen LogP contribution is -2.11. The Balaban J connectivity index is 3.03. The lowest BCUT2D eigenvalue weighted by atomic mass is 10.4. The van der Waals surface area contributed by atoms with E-state index in [1.807, 2.05) is 0 Å². The largest absolute Gasteiger partial charge is 0.368 e. The molecular weight excluding hydrogens is 106 g/mol. The summed E-state index contributed by atoms with van der Waals surface area (Å²) in [4.78, 5) is 0. The van der Waals surface area contributed by atoms with Crippen LogP contribution in [0, 0.1) is 5.41 Å². The molecule has 2 N–H and O–H groups in total. The van der Waals surface area contributed by atoms with Crippen molar-refractivity contribution in [1.82, 2.24) is 0 Å². The van der Waals surface area contributed by atoms with Crippen LogP contribution in [0.2, 0.25) is 0 Å². The van der Waals surface area contributed by atoms with E-state index in [9.17, 15) is 0 Å². The van der Waals surface area contributed by atoms with Gasteiger partial charge in [-0.3, -0.25) is 0 Å². The summed E-state index contributed by atoms with van der Waals surface area (Å²) < 4.78 is 4.69. The predicted molar refractivity (Wildman–Crippen MR) is 31.0 cm³/mol. The normalized spacial score (nSPS) is 13.2. The Hall–Kier alpha value is -0.410. The van der Waals surface area contributed by atoms with Crippen LogP contribution in [0.1, 0.15) is 13.3 Å². The topological polar surface area (TPSA) is 53.3 Å². The van der Waals surface area contributed by atoms with Gasteiger partial charge < -0.3 is 15.3 Å². The first-order chi connectivity index (χ1) is 3.81. The second-order valence-corrected chi connectivity index (χ2v) is 1.35. The van der Waals surface area contributed by atoms with E-state index in [0.717, 1.165) is 6.21 Å². The fourth-order valence-electron chi connectivity index (χ4n) is 0.361. The van der Waals surface area contributed by atoms with Gasteiger partial charge in [-0.25, -0.2) is 0 Å². The van der Waals surface area contributed by atoms with Crippen LogP contribution >= 0.6 is 0 Å². The molecule has 0 saturated carbocycles. The molecule has 0 rings (SSSR count). The van der Waals surface area contributed by atoms with Gasteiger partial charge in [0.15, 0.2) is 6.29 Å². The summed E-state index contributed by atoms with van der Waals surface area (Å²) in [6.45, 7) is 2.29. The van der Waals surface area contributed by atoms with Crippen LogP contribution < -0.4 is 0 Å². The highest BCUT2D eigenvalue weighted by Crippen LogP contribution is 1.88. The molecule has 0 aromatic heterocycles. The van der Waals surface area contributed by atoms with Gasteiger partial charge in [0.25, 0.3) is 0 Å². The van der Waals surface area contributed by atoms with E-state index in [1.165, 1.54) is 0 Å². The average Bonchev–Trinajstić information content (AvgIpc) is 1.68. The summed E-state index contributed by atoms with van der Waals surface area (Å²) in [7, 11) is 0. The highest BCUT2D eigenvalue weighted by atomic mass is 16.6. The van der Waals surface area contributed by atoms with E-state index in [2.05, 4.69) is 4.74 Å². The molecule has 1 unspecified atom stereocenters. The SMILES string of the molecule is CCOC(O)CC=N. The zero-order chi connectivity index (χ0) is 6.41. The van der Waals surface area contributed by atoms with Gasteiger partial charge in [0.1, 0.15) is 0 Å². The molecule has 3 nitrogen and oxygen atoms in total. The second kappa shape index (κ2) is 4.74. The third-order valence-electron chi connectivity index (χ3n) is 0.679. The molecule has 0 bridgehead atoms. The van der Waals surface area contributed by atoms with E-state index in [4.69, 9.17) is 10.5 Å². The van der Waals surface area contributed by atoms with Crippen molar-refractivity contribution < 1.29 is 9.84 Å². The number of aliphatic hydroxyl groups is 1. The molecule has 0 aliphatic rings. The Kier molecular flexibility index (Phi) is 4.50. The summed E-state index contributed by atoms with van der Waals surface area (Å²) in [5, 5.41) is 15.2. The zero-order valence-electron chi connectivity index (χ0n) is 4.92. The Labute approximate surface area is 48.8 Å². The molecule has 0 aromatic carbocycles. The van der Waals surface area contributed by atoms with Crippen molar-refractivity contribution in [2.24, 2.45) is 0 Å². The zero-order valence-corrected chi connectivity index (χ0v) is 4.92. The van der Waals surface area contributed by atoms with Gasteiger partial charge >= 0.3 is 0 Å². The summed E-state index contributed by atoms with van der Waals surface area (Å²) in [5.41, 5.74) is 0. The predicted octanol–water partition coefficient (Wildman–Crippen LogP) is 0.381. The number of hydrogen-bond acceptors (Lipinski definition) is 3. The summed E-state index contributed by atoms with van der Waals surface area (Å²) in [6.07, 6.45) is 0.631. The van der Waals surface area contributed by atoms with E-state index in [0.29, 0.717) is 6.61 Å². The maximum Gasteiger partial charge on any atom is 0.159 e. The van der Waals surface area contributed by atoms with Crippen molar-refractivity contribution in [3.63, 3.8) is 0 Å². The lowest BCUT2D eigenvalue weighted by molar-refractivity contribution is -0.0876. The van der Waals surface area contributed by atoms with Gasteiger partial charge in [0.2, 0.25) is 0 Å². The fraction of sp³-hybridized carbons (Fsp3) is 0.800. The highest BCUT2D eigenvalue weighted by Gasteiger charge is 1.96. The van der Waals surface area contributed by atoms with Crippen LogP contribution in [-0.4, -0.2) is 24.2 Å². The van der Waals surface area contributed by atoms with Gasteiger partial charge in [0.05, 0.1) is 0 Å². The number of ether oxygens (including phenoxy) is 1. The Bertz CT molecular complexity index is 65.4. The van der Waals surface area contributed by atoms with Crippen LogP contribution in [-0.2, 0) is 4.74 Å². The van der Waals surface area contributed by atoms with Crippen LogP contribution in [0.25, 0.3) is 0 Å². The Morgan fingerprint density at radius 2 is 2.50 bits per heavy atom. The summed E-state index contributed by atoms with van der Waals surface area (Å²) in [6, 6.07) is 0. The number of rotatable bonds is 4. The third-order valence-corrected chi connectivity index (χ3v) is 0.679. The Morgan fingerprint density at radius 3 is 2.88 bits per heavy atom. The fourth-order valence-corrected chi connectivity index (χ4v) is 0.361. The quantitative estimate of drug-likeness (QED) is 0.413. The van der Waals surface area contributed by atoms with Crippen molar-refractivity contribution in [2.45, 2.75) is 19.6 Å². The van der Waals surface area contributed by atoms with Crippen LogP contribution in [0.4, 0.5) is 0 Å². The number of hydrogen-bond donors (Lipinski definition) is 2. The smallest absolute Gasteiger partial charge is 0.159 e. The minimum atomic E-state index is -0.780. The van der Waals surface area contributed by atoms with Gasteiger partial charge in [-0.2, -0.15) is 0 Å². The van der Waals surface area contributed by atoms with Crippen LogP contribution in [0.5, 0.6) is 0 Å². The van der Waals surface area contributed by atoms with Crippen LogP contribution in [0.15, 0.2) is 0 Å². The molecule has 0 heterocycles. The van der Waals surface area contributed by atoms with Crippen molar-refractivity contribution in [3.8, 4) is 0 Å². The maximum absolute atomic E-state index is 8.68. The number of aliphatic hydroxyl groups excluding tert-OH is 1. The average molecular weight is 117 g/mol. The van der Waals surface area contributed by atoms with Gasteiger partial charge in [-0.15, -0.1) is 0 Å². The molecule has 3 heteroatoms. The molecular formula is C5H11NO2. The third kappa shape index (κ3) is 3.77. The first-order valence-corrected chi connectivity index (χ1v) is 2.59. The van der Waals surface area contributed by atoms with E-state index < -0.39 is 6.29 Å². The van der Waals surface area contributed by atoms with Crippen molar-refractivity contribution in [3.05, 3.63) is 0 Å². The molecule has 0 aliphatic carbocycles. The van der Waals surface area contributed by atoms with E-state index in [1.54, 1.807) is 6.92 Å². The monoisotopic (exact) mass is 117 g/mol. The lowest BCUT2D eigenvalue weighted by Gasteiger charge is -2.04. The standard InChI is InChI=1S/C5H11NO2/c1-2-8-5(7)3-4-6/h4-7H,2-3H2,1H3. The molecule has 0 aromatic rings. The molecule has 0 amide bonds. The molecule has 0 saturated heterocycles. The Morgan fingerprint density at radius 1 is 1.88 bits per heavy atom. The first kappa shape index (κ1) is 7.59. The van der Waals surface area contributed by atoms with Crippen LogP contribution in [0.3, 0.4) is 0 Å². The van der Waals surface area contributed by atoms with Gasteiger partial charge in [-0.1, -0.05) is 0 Å². The maximum atomic E-state index is 8.68. The first-order valence-electron chi connectivity index (χ1n) is 2.59. The molecule has 48 valence electrons. The van der Waals surface area contributed by atoms with Crippen molar-refractivity contribution in [2.75, 3.05) is 6.61 Å². The van der Waals surface area contributed by atoms with Gasteiger partial charge in [0, 0.05) is 19.2 Å². The van der Waals surface area contributed by atoms with Crippen molar-refractivity contribution in [1.29, 1.82) is 5.41 Å². The number of nitrogens with one attached hydrogen (secondary N) is 1.